The van der Waals surface area contributed by atoms with Crippen molar-refractivity contribution in [2.45, 2.75) is 57.1 Å². The number of aromatic hydroxyl groups is 1. The molecule has 5 nitrogen and oxygen atoms in total. The predicted octanol–water partition coefficient (Wildman–Crippen LogP) is 5.78. The number of rotatable bonds is 9. The molecule has 4 rings (SSSR count). The zero-order valence-electron chi connectivity index (χ0n) is 20.8. The van der Waals surface area contributed by atoms with Gasteiger partial charge in [-0.15, -0.1) is 0 Å². The first-order valence-corrected chi connectivity index (χ1v) is 12.3. The van der Waals surface area contributed by atoms with E-state index in [0.717, 1.165) is 36.2 Å². The second-order valence-electron chi connectivity index (χ2n) is 10.2. The van der Waals surface area contributed by atoms with Gasteiger partial charge in [-0.1, -0.05) is 60.7 Å². The van der Waals surface area contributed by atoms with E-state index in [0.29, 0.717) is 18.6 Å². The van der Waals surface area contributed by atoms with Crippen LogP contribution in [0.1, 0.15) is 49.8 Å². The van der Waals surface area contributed by atoms with Crippen LogP contribution in [0.4, 0.5) is 0 Å². The highest BCUT2D eigenvalue weighted by atomic mass is 16.5. The molecular weight excluding hydrogens is 438 g/mol. The second-order valence-corrected chi connectivity index (χ2v) is 10.2. The summed E-state index contributed by atoms with van der Waals surface area (Å²) in [5.74, 6) is 0.0693. The van der Waals surface area contributed by atoms with E-state index in [4.69, 9.17) is 4.74 Å². The van der Waals surface area contributed by atoms with Crippen molar-refractivity contribution in [3.63, 3.8) is 0 Å². The number of carboxylic acid groups (broad SMARTS) is 1. The van der Waals surface area contributed by atoms with Gasteiger partial charge in [0.2, 0.25) is 0 Å². The van der Waals surface area contributed by atoms with Crippen LogP contribution in [-0.2, 0) is 10.2 Å². The van der Waals surface area contributed by atoms with Crippen molar-refractivity contribution in [1.82, 2.24) is 4.90 Å². The molecule has 1 saturated heterocycles. The first kappa shape index (κ1) is 24.8. The van der Waals surface area contributed by atoms with Gasteiger partial charge in [-0.05, 0) is 68.9 Å². The number of aryl methyl sites for hydroxylation is 1. The first-order valence-electron chi connectivity index (χ1n) is 12.3. The Morgan fingerprint density at radius 1 is 0.971 bits per heavy atom. The lowest BCUT2D eigenvalue weighted by atomic mass is 9.69. The van der Waals surface area contributed by atoms with E-state index in [1.807, 2.05) is 73.7 Å². The minimum atomic E-state index is -1.12. The second kappa shape index (κ2) is 10.1. The molecule has 0 radical (unpaired) electrons. The number of phenols is 1. The molecule has 2 N–H and O–H groups in total. The molecule has 1 aliphatic heterocycles. The van der Waals surface area contributed by atoms with Gasteiger partial charge in [0.25, 0.3) is 0 Å². The van der Waals surface area contributed by atoms with Crippen LogP contribution in [0.5, 0.6) is 11.5 Å². The van der Waals surface area contributed by atoms with Crippen LogP contribution in [0.25, 0.3) is 0 Å². The molecule has 0 unspecified atom stereocenters. The van der Waals surface area contributed by atoms with Crippen LogP contribution in [0.15, 0.2) is 78.9 Å². The predicted molar refractivity (Wildman–Crippen MR) is 138 cm³/mol. The summed E-state index contributed by atoms with van der Waals surface area (Å²) in [5.41, 5.74) is 1.24. The van der Waals surface area contributed by atoms with Crippen molar-refractivity contribution in [3.05, 3.63) is 95.6 Å². The Hall–Kier alpha value is -3.31. The molecule has 1 heterocycles. The van der Waals surface area contributed by atoms with Gasteiger partial charge in [-0.25, -0.2) is 0 Å². The Bertz CT molecular complexity index is 1080. The molecule has 0 saturated carbocycles. The molecule has 1 fully saturated rings. The highest BCUT2D eigenvalue weighted by Crippen LogP contribution is 2.40. The van der Waals surface area contributed by atoms with Crippen LogP contribution in [-0.4, -0.2) is 45.8 Å². The average Bonchev–Trinajstić information content (AvgIpc) is 3.29. The lowest BCUT2D eigenvalue weighted by Crippen LogP contribution is -2.46. The summed E-state index contributed by atoms with van der Waals surface area (Å²) < 4.78 is 6.19. The van der Waals surface area contributed by atoms with E-state index in [9.17, 15) is 15.0 Å². The summed E-state index contributed by atoms with van der Waals surface area (Å²) in [6.07, 6.45) is 2.11. The third-order valence-corrected chi connectivity index (χ3v) is 7.35. The van der Waals surface area contributed by atoms with Crippen molar-refractivity contribution in [3.8, 4) is 11.5 Å². The van der Waals surface area contributed by atoms with Gasteiger partial charge in [-0.3, -0.25) is 9.69 Å². The van der Waals surface area contributed by atoms with E-state index in [1.54, 1.807) is 12.1 Å². The number of carbonyl (C=O) groups is 1. The van der Waals surface area contributed by atoms with Gasteiger partial charge in [0.05, 0.1) is 0 Å². The van der Waals surface area contributed by atoms with E-state index in [2.05, 4.69) is 18.7 Å². The monoisotopic (exact) mass is 473 g/mol. The lowest BCUT2D eigenvalue weighted by molar-refractivity contribution is -0.142. The zero-order valence-corrected chi connectivity index (χ0v) is 20.8. The number of phenolic OH excluding ortho intramolecular Hbond substituents is 1. The Morgan fingerprint density at radius 3 is 2.11 bits per heavy atom. The third-order valence-electron chi connectivity index (χ3n) is 7.35. The molecule has 3 aromatic carbocycles. The van der Waals surface area contributed by atoms with E-state index < -0.39 is 11.4 Å². The molecule has 0 bridgehead atoms. The Labute approximate surface area is 208 Å². The SMILES string of the molecule is Cc1cc(O)cc(O[C@H]2CCN(C(C)(C)CCC(C(=O)O)(c3ccccc3)c3ccccc3)C2)c1. The summed E-state index contributed by atoms with van der Waals surface area (Å²) >= 11 is 0. The highest BCUT2D eigenvalue weighted by molar-refractivity contribution is 5.86. The maximum Gasteiger partial charge on any atom is 0.318 e. The van der Waals surface area contributed by atoms with Gasteiger partial charge in [-0.2, -0.15) is 0 Å². The normalized spacial score (nSPS) is 16.8. The summed E-state index contributed by atoms with van der Waals surface area (Å²) in [4.78, 5) is 15.3. The van der Waals surface area contributed by atoms with Gasteiger partial charge in [0, 0.05) is 24.7 Å². The molecule has 0 aliphatic carbocycles. The Morgan fingerprint density at radius 2 is 1.57 bits per heavy atom. The van der Waals surface area contributed by atoms with Crippen LogP contribution in [0, 0.1) is 6.92 Å². The molecule has 0 spiro atoms. The molecule has 184 valence electrons. The van der Waals surface area contributed by atoms with Crippen molar-refractivity contribution >= 4 is 5.97 Å². The summed E-state index contributed by atoms with van der Waals surface area (Å²) in [6, 6.07) is 24.5. The summed E-state index contributed by atoms with van der Waals surface area (Å²) in [5, 5.41) is 20.5. The number of carboxylic acids is 1. The van der Waals surface area contributed by atoms with Crippen molar-refractivity contribution in [2.24, 2.45) is 0 Å². The molecule has 5 heteroatoms. The van der Waals surface area contributed by atoms with Crippen molar-refractivity contribution < 1.29 is 19.7 Å². The van der Waals surface area contributed by atoms with Gasteiger partial charge >= 0.3 is 5.97 Å². The number of benzene rings is 3. The smallest absolute Gasteiger partial charge is 0.318 e. The number of hydrogen-bond donors (Lipinski definition) is 2. The minimum absolute atomic E-state index is 0.0305. The molecule has 35 heavy (non-hydrogen) atoms. The molecule has 3 aromatic rings. The van der Waals surface area contributed by atoms with Gasteiger partial charge in [0.1, 0.15) is 23.0 Å². The van der Waals surface area contributed by atoms with Crippen molar-refractivity contribution in [2.75, 3.05) is 13.1 Å². The average molecular weight is 474 g/mol. The van der Waals surface area contributed by atoms with Crippen LogP contribution < -0.4 is 4.74 Å². The Balaban J connectivity index is 1.52. The lowest BCUT2D eigenvalue weighted by Gasteiger charge is -2.39. The fraction of sp³-hybridized carbons (Fsp3) is 0.367. The summed E-state index contributed by atoms with van der Waals surface area (Å²) in [6.45, 7) is 7.96. The van der Waals surface area contributed by atoms with Crippen LogP contribution in [0.3, 0.4) is 0 Å². The van der Waals surface area contributed by atoms with Crippen LogP contribution >= 0.6 is 0 Å². The Kier molecular flexibility index (Phi) is 7.18. The topological polar surface area (TPSA) is 70.0 Å². The van der Waals surface area contributed by atoms with Gasteiger partial charge in [0.15, 0.2) is 0 Å². The molecule has 0 aromatic heterocycles. The number of hydrogen-bond acceptors (Lipinski definition) is 4. The first-order chi connectivity index (χ1) is 16.7. The van der Waals surface area contributed by atoms with Gasteiger partial charge < -0.3 is 14.9 Å². The fourth-order valence-electron chi connectivity index (χ4n) is 5.27. The van der Waals surface area contributed by atoms with Crippen LogP contribution in [0.2, 0.25) is 0 Å². The minimum Gasteiger partial charge on any atom is -0.508 e. The quantitative estimate of drug-likeness (QED) is 0.412. The molecule has 1 atom stereocenters. The van der Waals surface area contributed by atoms with E-state index in [1.165, 1.54) is 0 Å². The van der Waals surface area contributed by atoms with Crippen molar-refractivity contribution in [1.29, 1.82) is 0 Å². The third kappa shape index (κ3) is 5.35. The molecular formula is C30H35NO4. The standard InChI is InChI=1S/C30H35NO4/c1-22-18-25(32)20-27(19-22)35-26-14-17-31(21-26)29(2,3)15-16-30(28(33)34,23-10-6-4-7-11-23)24-12-8-5-9-13-24/h4-13,18-20,26,32H,14-17,21H2,1-3H3,(H,33,34)/t26-/m0/s1. The highest BCUT2D eigenvalue weighted by Gasteiger charge is 2.44. The molecule has 1 aliphatic rings. The molecule has 0 amide bonds. The number of likely N-dealkylation sites (tertiary alicyclic amines) is 1. The fourth-order valence-corrected chi connectivity index (χ4v) is 5.27. The number of aliphatic carboxylic acids is 1. The maximum atomic E-state index is 12.9. The zero-order chi connectivity index (χ0) is 25.1. The van der Waals surface area contributed by atoms with E-state index >= 15 is 0 Å². The summed E-state index contributed by atoms with van der Waals surface area (Å²) in [7, 11) is 0. The number of nitrogens with zero attached hydrogens (tertiary/aromatic N) is 1. The largest absolute Gasteiger partial charge is 0.508 e. The maximum absolute atomic E-state index is 12.9. The number of ether oxygens (including phenoxy) is 1. The van der Waals surface area contributed by atoms with E-state index in [-0.39, 0.29) is 17.4 Å².